The first-order chi connectivity index (χ1) is 18.0. The largest absolute Gasteiger partial charge is 0.496 e. The highest BCUT2D eigenvalue weighted by molar-refractivity contribution is 7.88. The Morgan fingerprint density at radius 3 is 2.76 bits per heavy atom. The lowest BCUT2D eigenvalue weighted by molar-refractivity contribution is -0.135. The summed E-state index contributed by atoms with van der Waals surface area (Å²) in [6.45, 7) is 0.642. The lowest BCUT2D eigenvalue weighted by atomic mass is 9.87. The summed E-state index contributed by atoms with van der Waals surface area (Å²) in [5, 5.41) is 6.28. The Balaban J connectivity index is 1.74. The monoisotopic (exact) mass is 564 g/mol. The fraction of sp³-hybridized carbons (Fsp3) is 0.400. The van der Waals surface area contributed by atoms with Crippen molar-refractivity contribution in [2.24, 2.45) is 0 Å². The van der Waals surface area contributed by atoms with Gasteiger partial charge in [0.25, 0.3) is 0 Å². The zero-order chi connectivity index (χ0) is 27.7. The maximum Gasteiger partial charge on any atom is 0.241 e. The zero-order valence-electron chi connectivity index (χ0n) is 21.6. The molecule has 0 aliphatic carbocycles. The Morgan fingerprint density at radius 2 is 2.08 bits per heavy atom. The molecule has 204 valence electrons. The van der Waals surface area contributed by atoms with E-state index < -0.39 is 21.4 Å². The third kappa shape index (κ3) is 5.39. The van der Waals surface area contributed by atoms with Crippen molar-refractivity contribution in [2.45, 2.75) is 24.9 Å². The van der Waals surface area contributed by atoms with E-state index in [2.05, 4.69) is 20.6 Å². The van der Waals surface area contributed by atoms with Crippen molar-refractivity contribution >= 4 is 49.9 Å². The van der Waals surface area contributed by atoms with E-state index >= 15 is 0 Å². The van der Waals surface area contributed by atoms with E-state index in [4.69, 9.17) is 16.3 Å². The van der Waals surface area contributed by atoms with Crippen molar-refractivity contribution in [1.29, 1.82) is 0 Å². The van der Waals surface area contributed by atoms with Crippen molar-refractivity contribution < 1.29 is 22.3 Å². The molecule has 0 bridgehead atoms. The molecule has 2 aromatic carbocycles. The Bertz CT molecular complexity index is 1470. The van der Waals surface area contributed by atoms with Gasteiger partial charge in [-0.15, -0.1) is 0 Å². The first-order valence-electron chi connectivity index (χ1n) is 11.9. The van der Waals surface area contributed by atoms with Crippen LogP contribution in [0.5, 0.6) is 5.75 Å². The number of sulfonamides is 1. The number of nitrogens with one attached hydrogen (secondary N) is 2. The van der Waals surface area contributed by atoms with E-state index in [0.29, 0.717) is 47.4 Å². The Labute approximate surface area is 226 Å². The highest BCUT2D eigenvalue weighted by atomic mass is 35.5. The lowest BCUT2D eigenvalue weighted by Crippen LogP contribution is -2.65. The number of methoxy groups -OCH3 is 1. The van der Waals surface area contributed by atoms with Crippen LogP contribution in [0.3, 0.4) is 0 Å². The summed E-state index contributed by atoms with van der Waals surface area (Å²) in [5.74, 6) is 0.0281. The van der Waals surface area contributed by atoms with E-state index in [-0.39, 0.29) is 29.7 Å². The topological polar surface area (TPSA) is 117 Å². The molecule has 1 atom stereocenters. The molecule has 0 unspecified atom stereocenters. The van der Waals surface area contributed by atoms with Crippen LogP contribution in [0.2, 0.25) is 5.02 Å². The fourth-order valence-electron chi connectivity index (χ4n) is 4.86. The van der Waals surface area contributed by atoms with Crippen LogP contribution in [0.15, 0.2) is 36.7 Å². The van der Waals surface area contributed by atoms with Gasteiger partial charge in [-0.1, -0.05) is 17.7 Å². The zero-order valence-corrected chi connectivity index (χ0v) is 23.2. The maximum atomic E-state index is 14.6. The standard InChI is InChI=1S/C25H30ClFN6O4S/c1-28-24(34)25(9-6-10-33(14-25)38(4,35)36)32(2)13-16-11-17-20(12-21(16)37-3)29-15-30-23(17)31-19-8-5-7-18(26)22(19)27/h5,7-8,11-12,15H,6,9-10,13-14H2,1-4H3,(H,28,34)(H,29,30,31)/t25-/m1/s1. The number of hydrogen-bond acceptors (Lipinski definition) is 8. The van der Waals surface area contributed by atoms with E-state index in [0.717, 1.165) is 6.26 Å². The van der Waals surface area contributed by atoms with Crippen LogP contribution in [0.4, 0.5) is 15.9 Å². The Hall–Kier alpha value is -3.06. The lowest BCUT2D eigenvalue weighted by Gasteiger charge is -2.46. The van der Waals surface area contributed by atoms with E-state index in [1.165, 1.54) is 30.9 Å². The summed E-state index contributed by atoms with van der Waals surface area (Å²) in [5.41, 5.74) is 0.351. The highest BCUT2D eigenvalue weighted by Gasteiger charge is 2.47. The van der Waals surface area contributed by atoms with Gasteiger partial charge in [-0.3, -0.25) is 9.69 Å². The number of likely N-dealkylation sites (N-methyl/N-ethyl adjacent to an activating group) is 2. The number of piperidine rings is 1. The minimum atomic E-state index is -3.49. The maximum absolute atomic E-state index is 14.6. The van der Waals surface area contributed by atoms with Gasteiger partial charge in [-0.05, 0) is 38.1 Å². The number of fused-ring (bicyclic) bond motifs is 1. The first-order valence-corrected chi connectivity index (χ1v) is 14.1. The van der Waals surface area contributed by atoms with Gasteiger partial charge in [0.05, 0.1) is 29.6 Å². The molecule has 0 saturated carbocycles. The van der Waals surface area contributed by atoms with Gasteiger partial charge in [-0.25, -0.2) is 22.8 Å². The minimum Gasteiger partial charge on any atom is -0.496 e. The number of benzene rings is 2. The van der Waals surface area contributed by atoms with E-state index in [1.54, 1.807) is 25.2 Å². The molecular weight excluding hydrogens is 535 g/mol. The number of nitrogens with zero attached hydrogens (tertiary/aromatic N) is 4. The van der Waals surface area contributed by atoms with Crippen molar-refractivity contribution in [3.05, 3.63) is 53.1 Å². The van der Waals surface area contributed by atoms with Gasteiger partial charge in [0, 0.05) is 43.7 Å². The predicted octanol–water partition coefficient (Wildman–Crippen LogP) is 3.15. The van der Waals surface area contributed by atoms with Crippen LogP contribution >= 0.6 is 11.6 Å². The average Bonchev–Trinajstić information content (AvgIpc) is 2.90. The molecule has 0 spiro atoms. The summed E-state index contributed by atoms with van der Waals surface area (Å²) in [6.07, 6.45) is 3.53. The van der Waals surface area contributed by atoms with E-state index in [1.807, 2.05) is 11.0 Å². The second-order valence-corrected chi connectivity index (χ2v) is 11.7. The molecule has 1 aliphatic rings. The second-order valence-electron chi connectivity index (χ2n) is 9.30. The Kier molecular flexibility index (Phi) is 8.07. The summed E-state index contributed by atoms with van der Waals surface area (Å²) >= 11 is 5.94. The third-order valence-corrected chi connectivity index (χ3v) is 8.48. The van der Waals surface area contributed by atoms with Crippen LogP contribution in [-0.4, -0.2) is 79.6 Å². The number of carbonyl (C=O) groups excluding carboxylic acids is 1. The molecule has 0 radical (unpaired) electrons. The summed E-state index contributed by atoms with van der Waals surface area (Å²) in [4.78, 5) is 23.7. The third-order valence-electron chi connectivity index (χ3n) is 6.93. The van der Waals surface area contributed by atoms with Crippen LogP contribution in [-0.2, 0) is 21.4 Å². The summed E-state index contributed by atoms with van der Waals surface area (Å²) in [6, 6.07) is 8.21. The predicted molar refractivity (Wildman–Crippen MR) is 145 cm³/mol. The van der Waals surface area contributed by atoms with Gasteiger partial charge < -0.3 is 15.4 Å². The van der Waals surface area contributed by atoms with Crippen LogP contribution < -0.4 is 15.4 Å². The van der Waals surface area contributed by atoms with Crippen molar-refractivity contribution in [1.82, 2.24) is 24.5 Å². The van der Waals surface area contributed by atoms with Gasteiger partial charge in [0.2, 0.25) is 15.9 Å². The minimum absolute atomic E-state index is 0.0209. The summed E-state index contributed by atoms with van der Waals surface area (Å²) in [7, 11) is 1.37. The fourth-order valence-corrected chi connectivity index (χ4v) is 5.94. The molecule has 3 aromatic rings. The van der Waals surface area contributed by atoms with Crippen LogP contribution in [0.25, 0.3) is 10.9 Å². The normalized spacial score (nSPS) is 18.5. The van der Waals surface area contributed by atoms with Gasteiger partial charge in [0.15, 0.2) is 5.82 Å². The quantitative estimate of drug-likeness (QED) is 0.428. The first kappa shape index (κ1) is 28.0. The molecule has 38 heavy (non-hydrogen) atoms. The molecule has 1 amide bonds. The number of anilines is 2. The van der Waals surface area contributed by atoms with Gasteiger partial charge in [0.1, 0.15) is 23.4 Å². The molecule has 1 saturated heterocycles. The van der Waals surface area contributed by atoms with E-state index in [9.17, 15) is 17.6 Å². The number of aromatic nitrogens is 2. The summed E-state index contributed by atoms with van der Waals surface area (Å²) < 4.78 is 46.3. The van der Waals surface area contributed by atoms with Crippen molar-refractivity contribution in [3.8, 4) is 5.75 Å². The SMILES string of the molecule is CNC(=O)[C@@]1(N(C)Cc2cc3c(Nc4cccc(Cl)c4F)ncnc3cc2OC)CCCN(S(C)(=O)=O)C1. The molecule has 1 aliphatic heterocycles. The molecule has 10 nitrogen and oxygen atoms in total. The molecule has 1 fully saturated rings. The molecular formula is C25H30ClFN6O4S. The molecule has 2 N–H and O–H groups in total. The van der Waals surface area contributed by atoms with Gasteiger partial charge >= 0.3 is 0 Å². The second kappa shape index (κ2) is 11.0. The van der Waals surface area contributed by atoms with Gasteiger partial charge in [-0.2, -0.15) is 4.31 Å². The average molecular weight is 565 g/mol. The molecule has 2 heterocycles. The van der Waals surface area contributed by atoms with Crippen LogP contribution in [0.1, 0.15) is 18.4 Å². The van der Waals surface area contributed by atoms with Crippen LogP contribution in [0, 0.1) is 5.82 Å². The number of ether oxygens (including phenoxy) is 1. The smallest absolute Gasteiger partial charge is 0.241 e. The number of amides is 1. The van der Waals surface area contributed by atoms with Crippen molar-refractivity contribution in [3.63, 3.8) is 0 Å². The van der Waals surface area contributed by atoms with Crippen molar-refractivity contribution in [2.75, 3.05) is 45.9 Å². The molecule has 13 heteroatoms. The number of rotatable bonds is 8. The number of carbonyl (C=O) groups is 1. The highest BCUT2D eigenvalue weighted by Crippen LogP contribution is 2.35. The molecule has 1 aromatic heterocycles. The molecule has 4 rings (SSSR count). The Morgan fingerprint density at radius 1 is 1.32 bits per heavy atom. The number of hydrogen-bond donors (Lipinski definition) is 2. The number of halogens is 2.